The minimum absolute atomic E-state index is 0.127. The summed E-state index contributed by atoms with van der Waals surface area (Å²) in [6.45, 7) is 5.66. The summed E-state index contributed by atoms with van der Waals surface area (Å²) in [5.41, 5.74) is 5.57. The molecule has 0 aromatic carbocycles. The van der Waals surface area contributed by atoms with Crippen molar-refractivity contribution in [2.75, 3.05) is 6.54 Å². The molecule has 1 fully saturated rings. The Balaban J connectivity index is 2.73. The van der Waals surface area contributed by atoms with Gasteiger partial charge >= 0.3 is 7.12 Å². The Morgan fingerprint density at radius 1 is 1.35 bits per heavy atom. The Hall–Kier alpha value is -1.12. The first-order chi connectivity index (χ1) is 9.25. The molecule has 1 aliphatic rings. The van der Waals surface area contributed by atoms with Gasteiger partial charge < -0.3 is 26.0 Å². The van der Waals surface area contributed by atoms with Crippen LogP contribution < -0.4 is 11.1 Å². The topological polar surface area (TPSA) is 116 Å². The van der Waals surface area contributed by atoms with Crippen LogP contribution in [0.2, 0.25) is 0 Å². The van der Waals surface area contributed by atoms with Crippen molar-refractivity contribution < 1.29 is 19.6 Å². The van der Waals surface area contributed by atoms with Gasteiger partial charge in [0.05, 0.1) is 12.0 Å². The molecule has 0 spiro atoms. The first-order valence-corrected chi connectivity index (χ1v) is 6.98. The number of nitrogens with zero attached hydrogens (tertiary/aromatic N) is 1. The number of nitrogens with one attached hydrogen (secondary N) is 1. The number of carbonyl (C=O) groups is 2. The van der Waals surface area contributed by atoms with E-state index >= 15 is 0 Å². The van der Waals surface area contributed by atoms with Crippen LogP contribution in [-0.4, -0.2) is 58.5 Å². The number of hydrogen-bond donors (Lipinski definition) is 4. The molecule has 114 valence electrons. The number of carbonyl (C=O) groups excluding carboxylic acids is 2. The van der Waals surface area contributed by atoms with Gasteiger partial charge in [0.2, 0.25) is 11.8 Å². The second-order valence-electron chi connectivity index (χ2n) is 5.67. The van der Waals surface area contributed by atoms with E-state index in [0.717, 1.165) is 6.42 Å². The zero-order valence-corrected chi connectivity index (χ0v) is 12.2. The molecule has 0 saturated carbocycles. The van der Waals surface area contributed by atoms with E-state index in [4.69, 9.17) is 5.73 Å². The van der Waals surface area contributed by atoms with E-state index in [2.05, 4.69) is 5.32 Å². The van der Waals surface area contributed by atoms with Crippen molar-refractivity contribution in [3.05, 3.63) is 0 Å². The number of likely N-dealkylation sites (tertiary alicyclic amines) is 1. The fourth-order valence-electron chi connectivity index (χ4n) is 2.41. The second-order valence-corrected chi connectivity index (χ2v) is 5.67. The van der Waals surface area contributed by atoms with E-state index in [-0.39, 0.29) is 17.7 Å². The molecule has 0 aromatic rings. The Kier molecular flexibility index (Phi) is 5.97. The average Bonchev–Trinajstić information content (AvgIpc) is 2.82. The van der Waals surface area contributed by atoms with Crippen molar-refractivity contribution in [2.24, 2.45) is 11.7 Å². The fraction of sp³-hybridized carbons (Fsp3) is 0.833. The molecule has 2 amide bonds. The molecule has 1 rings (SSSR count). The van der Waals surface area contributed by atoms with Gasteiger partial charge in [0.1, 0.15) is 6.04 Å². The van der Waals surface area contributed by atoms with Gasteiger partial charge in [-0.1, -0.05) is 13.8 Å². The molecule has 8 heteroatoms. The number of amides is 2. The lowest BCUT2D eigenvalue weighted by Crippen LogP contribution is -2.56. The van der Waals surface area contributed by atoms with Crippen LogP contribution >= 0.6 is 0 Å². The van der Waals surface area contributed by atoms with Gasteiger partial charge in [0, 0.05) is 6.54 Å². The Morgan fingerprint density at radius 3 is 2.40 bits per heavy atom. The molecule has 7 nitrogen and oxygen atoms in total. The van der Waals surface area contributed by atoms with E-state index in [0.29, 0.717) is 13.0 Å². The summed E-state index contributed by atoms with van der Waals surface area (Å²) in [5, 5.41) is 21.2. The number of nitrogens with two attached hydrogens (primary N) is 1. The fourth-order valence-corrected chi connectivity index (χ4v) is 2.41. The molecular formula is C12H24BN3O4. The Labute approximate surface area is 119 Å². The van der Waals surface area contributed by atoms with Crippen LogP contribution in [0.15, 0.2) is 0 Å². The van der Waals surface area contributed by atoms with Crippen molar-refractivity contribution in [3.63, 3.8) is 0 Å². The van der Waals surface area contributed by atoms with Gasteiger partial charge in [-0.2, -0.15) is 0 Å². The Morgan fingerprint density at radius 2 is 1.95 bits per heavy atom. The molecular weight excluding hydrogens is 261 g/mol. The van der Waals surface area contributed by atoms with Crippen molar-refractivity contribution in [3.8, 4) is 0 Å². The molecule has 1 aliphatic heterocycles. The molecule has 20 heavy (non-hydrogen) atoms. The summed E-state index contributed by atoms with van der Waals surface area (Å²) >= 11 is 0. The van der Waals surface area contributed by atoms with Crippen LogP contribution in [0.5, 0.6) is 0 Å². The highest BCUT2D eigenvalue weighted by atomic mass is 16.4. The summed E-state index contributed by atoms with van der Waals surface area (Å²) < 4.78 is 0. The molecule has 0 unspecified atom stereocenters. The average molecular weight is 285 g/mol. The van der Waals surface area contributed by atoms with Gasteiger partial charge in [-0.05, 0) is 25.7 Å². The molecule has 0 bridgehead atoms. The lowest BCUT2D eigenvalue weighted by atomic mass is 9.73. The SMILES string of the molecule is CC(C)[C@@H](NC(=O)[C@@H]1CCCN1C(=O)[C@H](C)N)B(O)O. The zero-order valence-electron chi connectivity index (χ0n) is 12.2. The third-order valence-corrected chi connectivity index (χ3v) is 3.58. The van der Waals surface area contributed by atoms with E-state index in [1.54, 1.807) is 20.8 Å². The van der Waals surface area contributed by atoms with E-state index in [1.807, 2.05) is 0 Å². The molecule has 0 aliphatic carbocycles. The van der Waals surface area contributed by atoms with Crippen LogP contribution in [0.25, 0.3) is 0 Å². The Bertz CT molecular complexity index is 355. The van der Waals surface area contributed by atoms with Crippen molar-refractivity contribution in [2.45, 2.75) is 51.6 Å². The van der Waals surface area contributed by atoms with Gasteiger partial charge in [0.25, 0.3) is 0 Å². The van der Waals surface area contributed by atoms with E-state index < -0.39 is 25.1 Å². The van der Waals surface area contributed by atoms with Crippen molar-refractivity contribution in [1.82, 2.24) is 10.2 Å². The molecule has 1 heterocycles. The standard InChI is InChI=1S/C12H24BN3O4/c1-7(2)10(13(19)20)15-11(17)9-5-4-6-16(9)12(18)8(3)14/h7-10,19-20H,4-6,14H2,1-3H3,(H,15,17)/t8-,9-,10+/m0/s1. The quantitative estimate of drug-likeness (QED) is 0.458. The third kappa shape index (κ3) is 3.94. The van der Waals surface area contributed by atoms with Crippen LogP contribution in [0.1, 0.15) is 33.6 Å². The number of rotatable bonds is 5. The normalized spacial score (nSPS) is 21.8. The first kappa shape index (κ1) is 16.9. The largest absolute Gasteiger partial charge is 0.475 e. The first-order valence-electron chi connectivity index (χ1n) is 6.98. The highest BCUT2D eigenvalue weighted by molar-refractivity contribution is 6.43. The molecule has 0 aromatic heterocycles. The predicted molar refractivity (Wildman–Crippen MR) is 75.3 cm³/mol. The van der Waals surface area contributed by atoms with Crippen LogP contribution in [-0.2, 0) is 9.59 Å². The zero-order chi connectivity index (χ0) is 15.4. The van der Waals surface area contributed by atoms with Gasteiger partial charge in [0.15, 0.2) is 0 Å². The second kappa shape index (κ2) is 7.05. The molecule has 3 atom stereocenters. The van der Waals surface area contributed by atoms with Gasteiger partial charge in [-0.15, -0.1) is 0 Å². The van der Waals surface area contributed by atoms with E-state index in [9.17, 15) is 19.6 Å². The minimum atomic E-state index is -1.63. The summed E-state index contributed by atoms with van der Waals surface area (Å²) in [6.07, 6.45) is 1.31. The lowest BCUT2D eigenvalue weighted by Gasteiger charge is -2.28. The molecule has 0 radical (unpaired) electrons. The minimum Gasteiger partial charge on any atom is -0.426 e. The predicted octanol–water partition coefficient (Wildman–Crippen LogP) is -1.52. The lowest BCUT2D eigenvalue weighted by molar-refractivity contribution is -0.139. The summed E-state index contributed by atoms with van der Waals surface area (Å²) in [7, 11) is -1.63. The highest BCUT2D eigenvalue weighted by Crippen LogP contribution is 2.19. The maximum Gasteiger partial charge on any atom is 0.475 e. The van der Waals surface area contributed by atoms with Crippen molar-refractivity contribution >= 4 is 18.9 Å². The molecule has 1 saturated heterocycles. The third-order valence-electron chi connectivity index (χ3n) is 3.58. The number of hydrogen-bond acceptors (Lipinski definition) is 5. The van der Waals surface area contributed by atoms with Gasteiger partial charge in [-0.25, -0.2) is 0 Å². The summed E-state index contributed by atoms with van der Waals surface area (Å²) in [4.78, 5) is 25.6. The van der Waals surface area contributed by atoms with Crippen LogP contribution in [0.3, 0.4) is 0 Å². The van der Waals surface area contributed by atoms with Crippen LogP contribution in [0.4, 0.5) is 0 Å². The highest BCUT2D eigenvalue weighted by Gasteiger charge is 2.37. The summed E-state index contributed by atoms with van der Waals surface area (Å²) in [6, 6.07) is -1.22. The maximum atomic E-state index is 12.2. The monoisotopic (exact) mass is 285 g/mol. The van der Waals surface area contributed by atoms with E-state index in [1.165, 1.54) is 4.90 Å². The molecule has 5 N–H and O–H groups in total. The van der Waals surface area contributed by atoms with Gasteiger partial charge in [-0.3, -0.25) is 9.59 Å². The smallest absolute Gasteiger partial charge is 0.426 e. The summed E-state index contributed by atoms with van der Waals surface area (Å²) in [5.74, 6) is -1.50. The van der Waals surface area contributed by atoms with Crippen molar-refractivity contribution in [1.29, 1.82) is 0 Å². The maximum absolute atomic E-state index is 12.2. The van der Waals surface area contributed by atoms with Crippen LogP contribution in [0, 0.1) is 5.92 Å².